The lowest BCUT2D eigenvalue weighted by Gasteiger charge is -2.26. The van der Waals surface area contributed by atoms with E-state index in [1.54, 1.807) is 58.0 Å². The van der Waals surface area contributed by atoms with Crippen LogP contribution in [0.15, 0.2) is 104 Å². The van der Waals surface area contributed by atoms with Crippen molar-refractivity contribution < 1.29 is 35.8 Å². The molecule has 0 unspecified atom stereocenters. The molecule has 0 aliphatic carbocycles. The molecule has 0 saturated heterocycles. The molecule has 0 amide bonds. The van der Waals surface area contributed by atoms with Crippen LogP contribution in [0.1, 0.15) is 82.7 Å². The van der Waals surface area contributed by atoms with E-state index in [0.29, 0.717) is 78.5 Å². The molecule has 0 fully saturated rings. The average molecular weight is 908 g/mol. The Morgan fingerprint density at radius 2 is 1.09 bits per heavy atom. The molecule has 8 aromatic rings. The number of halogens is 6. The molecule has 10 rings (SSSR count). The van der Waals surface area contributed by atoms with Gasteiger partial charge < -0.3 is 18.6 Å². The van der Waals surface area contributed by atoms with E-state index < -0.39 is 29.4 Å². The highest BCUT2D eigenvalue weighted by Gasteiger charge is 2.39. The number of hydrogen-bond acceptors (Lipinski definition) is 9. The SMILES string of the molecule is COc1nc(-c2cc3n(n2)CCC[C@H]3c2ccccc2C(F)(F)F)ccc1-n1cnc(C)c1.COc1nc(-c2nc3n(n2)CCC[C@@H]3c2ccccc2C(F)(F)F)ccc1-n1cnc(C)c1. The van der Waals surface area contributed by atoms with Crippen molar-refractivity contribution >= 4 is 0 Å². The monoisotopic (exact) mass is 907 g/mol. The molecule has 2 aliphatic rings. The van der Waals surface area contributed by atoms with Crippen molar-refractivity contribution in [3.05, 3.63) is 149 Å². The Bertz CT molecular complexity index is 2820. The first-order valence-corrected chi connectivity index (χ1v) is 21.2. The summed E-state index contributed by atoms with van der Waals surface area (Å²) < 4.78 is 100.0. The van der Waals surface area contributed by atoms with Gasteiger partial charge >= 0.3 is 12.4 Å². The lowest BCUT2D eigenvalue weighted by atomic mass is 9.85. The summed E-state index contributed by atoms with van der Waals surface area (Å²) >= 11 is 0. The fourth-order valence-corrected chi connectivity index (χ4v) is 8.73. The summed E-state index contributed by atoms with van der Waals surface area (Å²) in [7, 11) is 3.07. The molecular weight excluding hydrogens is 865 g/mol. The Morgan fingerprint density at radius 1 is 0.576 bits per heavy atom. The van der Waals surface area contributed by atoms with Gasteiger partial charge in [-0.1, -0.05) is 36.4 Å². The molecule has 340 valence electrons. The van der Waals surface area contributed by atoms with Crippen molar-refractivity contribution in [3.63, 3.8) is 0 Å². The second kappa shape index (κ2) is 17.6. The summed E-state index contributed by atoms with van der Waals surface area (Å²) in [5.41, 5.74) is 4.91. The highest BCUT2D eigenvalue weighted by Crippen LogP contribution is 2.43. The molecule has 19 heteroatoms. The number of hydrogen-bond donors (Lipinski definition) is 0. The molecule has 8 heterocycles. The molecular formula is C47H43F6N11O2. The first-order chi connectivity index (χ1) is 31.7. The lowest BCUT2D eigenvalue weighted by Crippen LogP contribution is -2.21. The molecule has 0 bridgehead atoms. The van der Waals surface area contributed by atoms with E-state index in [1.165, 1.54) is 25.3 Å². The zero-order valence-corrected chi connectivity index (χ0v) is 36.2. The van der Waals surface area contributed by atoms with Gasteiger partial charge in [0.25, 0.3) is 0 Å². The van der Waals surface area contributed by atoms with Crippen molar-refractivity contribution in [3.8, 4) is 46.0 Å². The maximum absolute atomic E-state index is 13.7. The zero-order valence-electron chi connectivity index (χ0n) is 36.2. The van der Waals surface area contributed by atoms with Gasteiger partial charge in [0, 0.05) is 43.0 Å². The van der Waals surface area contributed by atoms with E-state index in [4.69, 9.17) is 9.47 Å². The predicted octanol–water partition coefficient (Wildman–Crippen LogP) is 10.2. The summed E-state index contributed by atoms with van der Waals surface area (Å²) in [4.78, 5) is 22.3. The van der Waals surface area contributed by atoms with Crippen molar-refractivity contribution in [1.29, 1.82) is 0 Å². The normalized spacial score (nSPS) is 16.0. The molecule has 0 radical (unpaired) electrons. The molecule has 66 heavy (non-hydrogen) atoms. The van der Waals surface area contributed by atoms with Crippen molar-refractivity contribution in [2.75, 3.05) is 14.2 Å². The molecule has 13 nitrogen and oxygen atoms in total. The molecule has 0 spiro atoms. The van der Waals surface area contributed by atoms with Crippen LogP contribution in [-0.2, 0) is 25.4 Å². The van der Waals surface area contributed by atoms with E-state index in [0.717, 1.165) is 41.3 Å². The molecule has 0 N–H and O–H groups in total. The topological polar surface area (TPSA) is 128 Å². The highest BCUT2D eigenvalue weighted by atomic mass is 19.4. The number of ether oxygens (including phenoxy) is 2. The van der Waals surface area contributed by atoms with Gasteiger partial charge in [-0.15, -0.1) is 5.10 Å². The fraction of sp³-hybridized carbons (Fsp3) is 0.298. The third-order valence-electron chi connectivity index (χ3n) is 11.7. The third kappa shape index (κ3) is 8.64. The van der Waals surface area contributed by atoms with Gasteiger partial charge in [-0.2, -0.15) is 31.4 Å². The van der Waals surface area contributed by atoms with Crippen LogP contribution in [0.3, 0.4) is 0 Å². The van der Waals surface area contributed by atoms with Gasteiger partial charge in [0.1, 0.15) is 28.6 Å². The van der Waals surface area contributed by atoms with Crippen LogP contribution in [0.2, 0.25) is 0 Å². The van der Waals surface area contributed by atoms with Crippen molar-refractivity contribution in [1.82, 2.24) is 53.6 Å². The van der Waals surface area contributed by atoms with E-state index in [-0.39, 0.29) is 17.0 Å². The van der Waals surface area contributed by atoms with Crippen molar-refractivity contribution in [2.24, 2.45) is 0 Å². The second-order valence-corrected chi connectivity index (χ2v) is 16.0. The highest BCUT2D eigenvalue weighted by molar-refractivity contribution is 5.60. The second-order valence-electron chi connectivity index (χ2n) is 16.0. The van der Waals surface area contributed by atoms with Crippen molar-refractivity contribution in [2.45, 2.75) is 76.8 Å². The van der Waals surface area contributed by atoms with E-state index in [2.05, 4.69) is 35.1 Å². The number of rotatable bonds is 8. The number of methoxy groups -OCH3 is 2. The maximum Gasteiger partial charge on any atom is 0.416 e. The number of pyridine rings is 2. The van der Waals surface area contributed by atoms with Crippen LogP contribution in [-0.4, -0.2) is 67.8 Å². The van der Waals surface area contributed by atoms with Crippen LogP contribution in [0.25, 0.3) is 34.3 Å². The number of benzene rings is 2. The average Bonchev–Trinajstić information content (AvgIpc) is 4.15. The van der Waals surface area contributed by atoms with Crippen LogP contribution in [0.4, 0.5) is 26.3 Å². The summed E-state index contributed by atoms with van der Waals surface area (Å²) in [5.74, 6) is 0.781. The zero-order chi connectivity index (χ0) is 46.3. The molecule has 2 aromatic carbocycles. The van der Waals surface area contributed by atoms with Gasteiger partial charge in [0.15, 0.2) is 5.82 Å². The quantitative estimate of drug-likeness (QED) is 0.137. The Kier molecular flexibility index (Phi) is 11.7. The largest absolute Gasteiger partial charge is 0.479 e. The minimum Gasteiger partial charge on any atom is -0.479 e. The number of nitrogens with zero attached hydrogens (tertiary/aromatic N) is 11. The predicted molar refractivity (Wildman–Crippen MR) is 231 cm³/mol. The Balaban J connectivity index is 0.000000166. The summed E-state index contributed by atoms with van der Waals surface area (Å²) in [6, 6.07) is 20.6. The van der Waals surface area contributed by atoms with Gasteiger partial charge in [0.05, 0.1) is 55.1 Å². The molecule has 6 aromatic heterocycles. The van der Waals surface area contributed by atoms with Gasteiger partial charge in [-0.25, -0.2) is 29.6 Å². The number of alkyl halides is 6. The lowest BCUT2D eigenvalue weighted by molar-refractivity contribution is -0.139. The smallest absolute Gasteiger partial charge is 0.416 e. The molecule has 2 atom stereocenters. The number of fused-ring (bicyclic) bond motifs is 2. The Labute approximate surface area is 374 Å². The van der Waals surface area contributed by atoms with Crippen LogP contribution >= 0.6 is 0 Å². The van der Waals surface area contributed by atoms with Crippen LogP contribution in [0.5, 0.6) is 11.8 Å². The minimum atomic E-state index is -4.43. The summed E-state index contributed by atoms with van der Waals surface area (Å²) in [5, 5.41) is 9.23. The Morgan fingerprint density at radius 3 is 1.64 bits per heavy atom. The minimum absolute atomic E-state index is 0.223. The van der Waals surface area contributed by atoms with Gasteiger partial charge in [-0.05, 0) is 93.1 Å². The number of imidazole rings is 2. The third-order valence-corrected chi connectivity index (χ3v) is 11.7. The van der Waals surface area contributed by atoms with E-state index >= 15 is 0 Å². The van der Waals surface area contributed by atoms with Crippen LogP contribution in [0, 0.1) is 13.8 Å². The fourth-order valence-electron chi connectivity index (χ4n) is 8.73. The summed E-state index contributed by atoms with van der Waals surface area (Å²) in [6.45, 7) is 5.03. The summed E-state index contributed by atoms with van der Waals surface area (Å²) in [6.07, 6.45) is 0.915. The van der Waals surface area contributed by atoms with Gasteiger partial charge in [-0.3, -0.25) is 4.68 Å². The number of aryl methyl sites for hydroxylation is 4. The number of aromatic nitrogens is 11. The molecule has 0 saturated carbocycles. The van der Waals surface area contributed by atoms with Gasteiger partial charge in [0.2, 0.25) is 11.8 Å². The van der Waals surface area contributed by atoms with Crippen LogP contribution < -0.4 is 9.47 Å². The first-order valence-electron chi connectivity index (χ1n) is 21.2. The molecule has 2 aliphatic heterocycles. The Hall–Kier alpha value is -7.31. The first kappa shape index (κ1) is 43.9. The maximum atomic E-state index is 13.7. The standard InChI is InChI=1S/C24H22F3N5O.C23H21F3N6O/c1-15-13-31(14-28-15)21-10-9-19(29-23(21)33-2)20-12-22-17(7-5-11-32(22)30-20)16-6-3-4-8-18(16)24(25,26)27;1-14-12-31(13-27-14)19-10-9-18(28-22(19)33-2)20-29-21-16(7-5-11-32(21)30-20)15-6-3-4-8-17(15)23(24,25)26/h3-4,6,8-10,12-14,17H,5,7,11H2,1-2H3;3-4,6,8-10,12-13,16H,5,7,11H2,1-2H3/t17-;16-/m01/s1. The van der Waals surface area contributed by atoms with E-state index in [1.807, 2.05) is 55.1 Å². The van der Waals surface area contributed by atoms with E-state index in [9.17, 15) is 26.3 Å².